The molecular formula is C19H21N3O7S. The van der Waals surface area contributed by atoms with E-state index in [1.54, 1.807) is 0 Å². The lowest BCUT2D eigenvalue weighted by molar-refractivity contribution is -0.387. The Hall–Kier alpha value is -3.34. The molecule has 2 aromatic carbocycles. The van der Waals surface area contributed by atoms with Crippen LogP contribution in [0.2, 0.25) is 0 Å². The highest BCUT2D eigenvalue weighted by Crippen LogP contribution is 2.37. The van der Waals surface area contributed by atoms with Gasteiger partial charge in [-0.2, -0.15) is 0 Å². The summed E-state index contributed by atoms with van der Waals surface area (Å²) in [6, 6.07) is 9.41. The fourth-order valence-corrected chi connectivity index (χ4v) is 4.46. The number of hydrogen-bond acceptors (Lipinski definition) is 7. The molecule has 1 N–H and O–H groups in total. The van der Waals surface area contributed by atoms with Crippen molar-refractivity contribution in [2.24, 2.45) is 0 Å². The van der Waals surface area contributed by atoms with E-state index < -0.39 is 38.0 Å². The smallest absolute Gasteiger partial charge is 0.289 e. The van der Waals surface area contributed by atoms with Crippen LogP contribution in [0, 0.1) is 10.1 Å². The van der Waals surface area contributed by atoms with Crippen LogP contribution in [0.3, 0.4) is 0 Å². The van der Waals surface area contributed by atoms with Crippen LogP contribution >= 0.6 is 0 Å². The van der Waals surface area contributed by atoms with E-state index in [4.69, 9.17) is 9.47 Å². The van der Waals surface area contributed by atoms with E-state index in [1.807, 2.05) is 0 Å². The van der Waals surface area contributed by atoms with E-state index in [9.17, 15) is 23.3 Å². The molecule has 0 atom stereocenters. The summed E-state index contributed by atoms with van der Waals surface area (Å²) < 4.78 is 38.2. The second kappa shape index (κ2) is 8.57. The average Bonchev–Trinajstić information content (AvgIpc) is 3.55. The molecule has 0 aromatic heterocycles. The van der Waals surface area contributed by atoms with E-state index >= 15 is 0 Å². The lowest BCUT2D eigenvalue weighted by Gasteiger charge is -2.25. The van der Waals surface area contributed by atoms with Gasteiger partial charge in [0.05, 0.1) is 24.8 Å². The molecule has 1 amide bonds. The number of sulfonamides is 1. The summed E-state index contributed by atoms with van der Waals surface area (Å²) in [5, 5.41) is 14.1. The topological polar surface area (TPSA) is 128 Å². The first kappa shape index (κ1) is 21.4. The summed E-state index contributed by atoms with van der Waals surface area (Å²) in [5.74, 6) is 0.0364. The molecule has 0 unspecified atom stereocenters. The highest BCUT2D eigenvalue weighted by atomic mass is 32.2. The van der Waals surface area contributed by atoms with Gasteiger partial charge in [-0.15, -0.1) is 0 Å². The minimum atomic E-state index is -4.48. The summed E-state index contributed by atoms with van der Waals surface area (Å²) in [4.78, 5) is 22.6. The lowest BCUT2D eigenvalue weighted by Crippen LogP contribution is -2.41. The van der Waals surface area contributed by atoms with Gasteiger partial charge in [-0.1, -0.05) is 12.1 Å². The predicted octanol–water partition coefficient (Wildman–Crippen LogP) is 2.09. The first-order chi connectivity index (χ1) is 14.3. The number of hydrogen-bond donors (Lipinski definition) is 1. The second-order valence-electron chi connectivity index (χ2n) is 6.62. The van der Waals surface area contributed by atoms with Crippen LogP contribution < -0.4 is 19.1 Å². The Balaban J connectivity index is 2.12. The zero-order valence-corrected chi connectivity index (χ0v) is 17.2. The van der Waals surface area contributed by atoms with Crippen LogP contribution in [0.4, 0.5) is 11.4 Å². The zero-order chi connectivity index (χ0) is 21.9. The van der Waals surface area contributed by atoms with E-state index in [1.165, 1.54) is 44.6 Å². The lowest BCUT2D eigenvalue weighted by atomic mass is 10.2. The number of benzene rings is 2. The SMILES string of the molecule is COc1ccc(N(CC(=O)NC2CC2)S(=O)(=O)c2ccccc2[N+](=O)[O-])c(OC)c1. The summed E-state index contributed by atoms with van der Waals surface area (Å²) >= 11 is 0. The number of nitrogens with one attached hydrogen (secondary N) is 1. The Bertz CT molecular complexity index is 1070. The largest absolute Gasteiger partial charge is 0.497 e. The van der Waals surface area contributed by atoms with E-state index in [-0.39, 0.29) is 17.5 Å². The highest BCUT2D eigenvalue weighted by molar-refractivity contribution is 7.93. The number of carbonyl (C=O) groups is 1. The fraction of sp³-hybridized carbons (Fsp3) is 0.316. The maximum absolute atomic E-state index is 13.5. The molecule has 0 spiro atoms. The molecule has 0 radical (unpaired) electrons. The van der Waals surface area contributed by atoms with Crippen molar-refractivity contribution < 1.29 is 27.6 Å². The van der Waals surface area contributed by atoms with Gasteiger partial charge in [0.25, 0.3) is 15.7 Å². The van der Waals surface area contributed by atoms with Crippen molar-refractivity contribution in [2.45, 2.75) is 23.8 Å². The third-order valence-electron chi connectivity index (χ3n) is 4.52. The predicted molar refractivity (Wildman–Crippen MR) is 108 cm³/mol. The molecule has 11 heteroatoms. The molecule has 1 aliphatic carbocycles. The number of para-hydroxylation sites is 1. The maximum Gasteiger partial charge on any atom is 0.289 e. The van der Waals surface area contributed by atoms with Crippen LogP contribution in [0.25, 0.3) is 0 Å². The third kappa shape index (κ3) is 4.46. The van der Waals surface area contributed by atoms with Crippen molar-refractivity contribution in [2.75, 3.05) is 25.1 Å². The monoisotopic (exact) mass is 435 g/mol. The standard InChI is InChI=1S/C19H21N3O7S/c1-28-14-9-10-15(17(11-14)29-2)21(12-19(23)20-13-7-8-13)30(26,27)18-6-4-3-5-16(18)22(24)25/h3-6,9-11,13H,7-8,12H2,1-2H3,(H,20,23). The number of nitro benzene ring substituents is 1. The number of nitro groups is 1. The molecule has 2 aromatic rings. The Labute approximate surface area is 173 Å². The van der Waals surface area contributed by atoms with E-state index in [0.29, 0.717) is 5.75 Å². The van der Waals surface area contributed by atoms with Gasteiger partial charge in [0.15, 0.2) is 4.90 Å². The van der Waals surface area contributed by atoms with Gasteiger partial charge in [0, 0.05) is 18.2 Å². The molecule has 160 valence electrons. The van der Waals surface area contributed by atoms with Gasteiger partial charge < -0.3 is 14.8 Å². The molecule has 3 rings (SSSR count). The summed E-state index contributed by atoms with van der Waals surface area (Å²) in [6.07, 6.45) is 1.66. The van der Waals surface area contributed by atoms with Crippen LogP contribution in [0.5, 0.6) is 11.5 Å². The number of amides is 1. The molecule has 0 heterocycles. The van der Waals surface area contributed by atoms with Gasteiger partial charge in [-0.3, -0.25) is 19.2 Å². The Morgan fingerprint density at radius 3 is 2.50 bits per heavy atom. The number of rotatable bonds is 9. The fourth-order valence-electron chi connectivity index (χ4n) is 2.87. The highest BCUT2D eigenvalue weighted by Gasteiger charge is 2.35. The van der Waals surface area contributed by atoms with Crippen molar-refractivity contribution in [3.8, 4) is 11.5 Å². The van der Waals surface area contributed by atoms with Crippen LogP contribution in [0.1, 0.15) is 12.8 Å². The van der Waals surface area contributed by atoms with Gasteiger partial charge >= 0.3 is 0 Å². The van der Waals surface area contributed by atoms with Gasteiger partial charge in [-0.05, 0) is 31.0 Å². The van der Waals surface area contributed by atoms with Crippen molar-refractivity contribution in [1.29, 1.82) is 0 Å². The summed E-state index contributed by atoms with van der Waals surface area (Å²) in [7, 11) is -1.69. The van der Waals surface area contributed by atoms with E-state index in [0.717, 1.165) is 29.3 Å². The Kier molecular flexibility index (Phi) is 6.11. The van der Waals surface area contributed by atoms with Crippen LogP contribution in [0.15, 0.2) is 47.4 Å². The normalized spacial score (nSPS) is 13.4. The molecular weight excluding hydrogens is 414 g/mol. The van der Waals surface area contributed by atoms with Gasteiger partial charge in [-0.25, -0.2) is 8.42 Å². The van der Waals surface area contributed by atoms with Crippen molar-refractivity contribution in [1.82, 2.24) is 5.32 Å². The Morgan fingerprint density at radius 1 is 1.20 bits per heavy atom. The first-order valence-electron chi connectivity index (χ1n) is 9.05. The number of methoxy groups -OCH3 is 2. The third-order valence-corrected chi connectivity index (χ3v) is 6.32. The molecule has 10 nitrogen and oxygen atoms in total. The summed E-state index contributed by atoms with van der Waals surface area (Å²) in [5.41, 5.74) is -0.528. The Morgan fingerprint density at radius 2 is 1.90 bits per heavy atom. The molecule has 0 saturated heterocycles. The number of carbonyl (C=O) groups excluding carboxylic acids is 1. The molecule has 1 saturated carbocycles. The van der Waals surface area contributed by atoms with Crippen LogP contribution in [-0.2, 0) is 14.8 Å². The number of anilines is 1. The average molecular weight is 435 g/mol. The molecule has 30 heavy (non-hydrogen) atoms. The van der Waals surface area contributed by atoms with Crippen molar-refractivity contribution in [3.05, 3.63) is 52.6 Å². The van der Waals surface area contributed by atoms with Gasteiger partial charge in [0.2, 0.25) is 5.91 Å². The van der Waals surface area contributed by atoms with E-state index in [2.05, 4.69) is 5.32 Å². The first-order valence-corrected chi connectivity index (χ1v) is 10.5. The number of nitrogens with zero attached hydrogens (tertiary/aromatic N) is 2. The maximum atomic E-state index is 13.5. The minimum Gasteiger partial charge on any atom is -0.497 e. The van der Waals surface area contributed by atoms with Crippen molar-refractivity contribution >= 4 is 27.3 Å². The molecule has 0 aliphatic heterocycles. The van der Waals surface area contributed by atoms with Crippen molar-refractivity contribution in [3.63, 3.8) is 0 Å². The van der Waals surface area contributed by atoms with Crippen LogP contribution in [-0.4, -0.2) is 46.1 Å². The summed E-state index contributed by atoms with van der Waals surface area (Å²) in [6.45, 7) is -0.562. The zero-order valence-electron chi connectivity index (χ0n) is 16.4. The number of ether oxygens (including phenoxy) is 2. The second-order valence-corrected chi connectivity index (χ2v) is 8.45. The quantitative estimate of drug-likeness (QED) is 0.472. The van der Waals surface area contributed by atoms with Gasteiger partial charge in [0.1, 0.15) is 18.0 Å². The molecule has 1 aliphatic rings. The minimum absolute atomic E-state index is 0.0193. The molecule has 1 fully saturated rings. The molecule has 0 bridgehead atoms.